The van der Waals surface area contributed by atoms with Crippen molar-refractivity contribution in [2.75, 3.05) is 25.2 Å². The van der Waals surface area contributed by atoms with E-state index in [1.165, 1.54) is 37.5 Å². The molecule has 1 N–H and O–H groups in total. The zero-order chi connectivity index (χ0) is 12.8. The lowest BCUT2D eigenvalue weighted by Crippen LogP contribution is -2.35. The van der Waals surface area contributed by atoms with Crippen LogP contribution in [0.4, 0.5) is 4.39 Å². The average molecular weight is 269 g/mol. The molecule has 0 radical (unpaired) electrons. The maximum atomic E-state index is 13.2. The minimum absolute atomic E-state index is 0.294. The van der Waals surface area contributed by atoms with Gasteiger partial charge in [-0.25, -0.2) is 4.39 Å². The number of hydrogen-bond donors (Lipinski definition) is 1. The number of benzene rings is 1. The van der Waals surface area contributed by atoms with Crippen LogP contribution in [0.1, 0.15) is 18.4 Å². The Hall–Kier alpha value is -0.740. The first-order valence-electron chi connectivity index (χ1n) is 6.43. The van der Waals surface area contributed by atoms with Crippen molar-refractivity contribution in [1.29, 1.82) is 0 Å². The molecule has 1 aromatic rings. The number of hydrogen-bond acceptors (Lipinski definition) is 3. The third kappa shape index (κ3) is 3.89. The molecule has 100 valence electrons. The molecule has 1 fully saturated rings. The Labute approximate surface area is 112 Å². The Morgan fingerprint density at radius 3 is 3.11 bits per heavy atom. The molecule has 1 aliphatic rings. The lowest BCUT2D eigenvalue weighted by molar-refractivity contribution is 0.386. The van der Waals surface area contributed by atoms with Crippen LogP contribution < -0.4 is 10.1 Å². The van der Waals surface area contributed by atoms with Crippen LogP contribution in [-0.4, -0.2) is 31.2 Å². The molecule has 0 spiro atoms. The maximum Gasteiger partial charge on any atom is 0.165 e. The van der Waals surface area contributed by atoms with E-state index in [-0.39, 0.29) is 5.82 Å². The first-order chi connectivity index (χ1) is 8.79. The molecule has 1 atom stereocenters. The van der Waals surface area contributed by atoms with Crippen LogP contribution >= 0.6 is 11.8 Å². The number of ether oxygens (including phenoxy) is 1. The summed E-state index contributed by atoms with van der Waals surface area (Å²) in [5.74, 6) is 2.55. The quantitative estimate of drug-likeness (QED) is 0.888. The molecular weight excluding hydrogens is 249 g/mol. The second-order valence-electron chi connectivity index (χ2n) is 4.59. The van der Waals surface area contributed by atoms with Gasteiger partial charge in [0.1, 0.15) is 0 Å². The predicted octanol–water partition coefficient (Wildman–Crippen LogP) is 2.86. The molecule has 1 heterocycles. The molecule has 2 nitrogen and oxygen atoms in total. The van der Waals surface area contributed by atoms with E-state index < -0.39 is 0 Å². The van der Waals surface area contributed by atoms with E-state index in [2.05, 4.69) is 5.32 Å². The topological polar surface area (TPSA) is 21.3 Å². The zero-order valence-electron chi connectivity index (χ0n) is 10.7. The Balaban J connectivity index is 1.79. The van der Waals surface area contributed by atoms with Gasteiger partial charge in [-0.3, -0.25) is 0 Å². The molecule has 0 aromatic heterocycles. The molecule has 0 aliphatic carbocycles. The second kappa shape index (κ2) is 7.00. The Bertz CT molecular complexity index is 380. The predicted molar refractivity (Wildman–Crippen MR) is 75.0 cm³/mol. The lowest BCUT2D eigenvalue weighted by atomic mass is 10.1. The number of nitrogens with one attached hydrogen (secondary N) is 1. The summed E-state index contributed by atoms with van der Waals surface area (Å²) in [5.41, 5.74) is 1.12. The molecule has 1 aliphatic heterocycles. The summed E-state index contributed by atoms with van der Waals surface area (Å²) in [5, 5.41) is 3.57. The monoisotopic (exact) mass is 269 g/mol. The summed E-state index contributed by atoms with van der Waals surface area (Å²) < 4.78 is 18.2. The van der Waals surface area contributed by atoms with Crippen LogP contribution in [0.2, 0.25) is 0 Å². The number of thioether (sulfide) groups is 1. The smallest absolute Gasteiger partial charge is 0.165 e. The van der Waals surface area contributed by atoms with Gasteiger partial charge in [-0.05, 0) is 49.3 Å². The molecule has 0 amide bonds. The first kappa shape index (κ1) is 13.7. The maximum absolute atomic E-state index is 13.2. The molecule has 18 heavy (non-hydrogen) atoms. The molecule has 0 unspecified atom stereocenters. The van der Waals surface area contributed by atoms with Gasteiger partial charge in [0.15, 0.2) is 11.6 Å². The van der Waals surface area contributed by atoms with Gasteiger partial charge >= 0.3 is 0 Å². The van der Waals surface area contributed by atoms with E-state index in [4.69, 9.17) is 4.74 Å². The molecule has 4 heteroatoms. The van der Waals surface area contributed by atoms with Gasteiger partial charge in [0.2, 0.25) is 0 Å². The van der Waals surface area contributed by atoms with E-state index in [0.29, 0.717) is 11.8 Å². The number of rotatable bonds is 5. The number of methoxy groups -OCH3 is 1. The first-order valence-corrected chi connectivity index (χ1v) is 7.58. The van der Waals surface area contributed by atoms with Gasteiger partial charge in [0.05, 0.1) is 7.11 Å². The highest BCUT2D eigenvalue weighted by atomic mass is 32.2. The highest BCUT2D eigenvalue weighted by Gasteiger charge is 2.12. The van der Waals surface area contributed by atoms with Gasteiger partial charge in [-0.1, -0.05) is 6.07 Å². The van der Waals surface area contributed by atoms with Crippen LogP contribution in [0.3, 0.4) is 0 Å². The highest BCUT2D eigenvalue weighted by Crippen LogP contribution is 2.19. The van der Waals surface area contributed by atoms with Gasteiger partial charge in [0, 0.05) is 11.8 Å². The van der Waals surface area contributed by atoms with Crippen molar-refractivity contribution < 1.29 is 9.13 Å². The van der Waals surface area contributed by atoms with Crippen LogP contribution in [-0.2, 0) is 6.42 Å². The van der Waals surface area contributed by atoms with Crippen LogP contribution in [0.5, 0.6) is 5.75 Å². The largest absolute Gasteiger partial charge is 0.494 e. The van der Waals surface area contributed by atoms with Gasteiger partial charge < -0.3 is 10.1 Å². The lowest BCUT2D eigenvalue weighted by Gasteiger charge is -2.22. The summed E-state index contributed by atoms with van der Waals surface area (Å²) in [7, 11) is 1.50. The summed E-state index contributed by atoms with van der Waals surface area (Å²) in [4.78, 5) is 0. The molecule has 1 aromatic carbocycles. The third-order valence-corrected chi connectivity index (χ3v) is 4.44. The summed E-state index contributed by atoms with van der Waals surface area (Å²) in [6.45, 7) is 0.944. The van der Waals surface area contributed by atoms with Crippen LogP contribution in [0, 0.1) is 5.82 Å². The summed E-state index contributed by atoms with van der Waals surface area (Å²) >= 11 is 2.03. The van der Waals surface area contributed by atoms with E-state index in [1.54, 1.807) is 6.07 Å². The fraction of sp³-hybridized carbons (Fsp3) is 0.571. The van der Waals surface area contributed by atoms with Crippen LogP contribution in [0.15, 0.2) is 18.2 Å². The van der Waals surface area contributed by atoms with Crippen LogP contribution in [0.25, 0.3) is 0 Å². The summed E-state index contributed by atoms with van der Waals surface area (Å²) in [6.07, 6.45) is 3.50. The van der Waals surface area contributed by atoms with E-state index >= 15 is 0 Å². The fourth-order valence-electron chi connectivity index (χ4n) is 2.18. The second-order valence-corrected chi connectivity index (χ2v) is 5.74. The van der Waals surface area contributed by atoms with Crippen molar-refractivity contribution in [2.24, 2.45) is 0 Å². The molecule has 0 saturated carbocycles. The molecule has 2 rings (SSSR count). The van der Waals surface area contributed by atoms with Gasteiger partial charge in [-0.15, -0.1) is 0 Å². The molecule has 1 saturated heterocycles. The average Bonchev–Trinajstić information content (AvgIpc) is 2.42. The van der Waals surface area contributed by atoms with Crippen molar-refractivity contribution in [3.05, 3.63) is 29.6 Å². The SMILES string of the molecule is COc1cc(CCN[C@H]2CCCSC2)ccc1F. The van der Waals surface area contributed by atoms with Gasteiger partial charge in [-0.2, -0.15) is 11.8 Å². The summed E-state index contributed by atoms with van der Waals surface area (Å²) in [6, 6.07) is 5.73. The highest BCUT2D eigenvalue weighted by molar-refractivity contribution is 7.99. The standard InChI is InChI=1S/C14H20FNOS/c1-17-14-9-11(4-5-13(14)15)6-7-16-12-3-2-8-18-10-12/h4-5,9,12,16H,2-3,6-8,10H2,1H3/t12-/m0/s1. The number of halogens is 1. The van der Waals surface area contributed by atoms with Crippen molar-refractivity contribution in [3.8, 4) is 5.75 Å². The molecular formula is C14H20FNOS. The fourth-order valence-corrected chi connectivity index (χ4v) is 3.29. The third-order valence-electron chi connectivity index (χ3n) is 3.22. The minimum Gasteiger partial charge on any atom is -0.494 e. The molecule has 0 bridgehead atoms. The Morgan fingerprint density at radius 1 is 1.50 bits per heavy atom. The minimum atomic E-state index is -0.294. The van der Waals surface area contributed by atoms with E-state index in [0.717, 1.165) is 18.5 Å². The normalized spacial score (nSPS) is 19.8. The Kier molecular flexibility index (Phi) is 5.32. The zero-order valence-corrected chi connectivity index (χ0v) is 11.6. The van der Waals surface area contributed by atoms with E-state index in [9.17, 15) is 4.39 Å². The van der Waals surface area contributed by atoms with Crippen molar-refractivity contribution in [1.82, 2.24) is 5.32 Å². The van der Waals surface area contributed by atoms with Crippen molar-refractivity contribution >= 4 is 11.8 Å². The van der Waals surface area contributed by atoms with Crippen molar-refractivity contribution in [2.45, 2.75) is 25.3 Å². The van der Waals surface area contributed by atoms with Crippen molar-refractivity contribution in [3.63, 3.8) is 0 Å². The Morgan fingerprint density at radius 2 is 2.39 bits per heavy atom. The van der Waals surface area contributed by atoms with Gasteiger partial charge in [0.25, 0.3) is 0 Å². The van der Waals surface area contributed by atoms with E-state index in [1.807, 2.05) is 17.8 Å².